The van der Waals surface area contributed by atoms with Gasteiger partial charge in [-0.2, -0.15) is 0 Å². The lowest BCUT2D eigenvalue weighted by Crippen LogP contribution is -2.18. The van der Waals surface area contributed by atoms with E-state index < -0.39 is 0 Å². The van der Waals surface area contributed by atoms with Crippen LogP contribution in [-0.2, 0) is 9.53 Å². The molecule has 0 aromatic rings. The molecule has 0 aliphatic carbocycles. The van der Waals surface area contributed by atoms with Crippen LogP contribution in [-0.4, -0.2) is 44.0 Å². The van der Waals surface area contributed by atoms with Gasteiger partial charge in [-0.1, -0.05) is 20.8 Å². The van der Waals surface area contributed by atoms with Gasteiger partial charge in [0.15, 0.2) is 5.90 Å². The zero-order valence-electron chi connectivity index (χ0n) is 11.8. The van der Waals surface area contributed by atoms with Gasteiger partial charge in [-0.15, -0.1) is 0 Å². The van der Waals surface area contributed by atoms with E-state index in [0.29, 0.717) is 5.90 Å². The molecule has 0 saturated carbocycles. The number of hydrogen-bond acceptors (Lipinski definition) is 4. The van der Waals surface area contributed by atoms with Gasteiger partial charge >= 0.3 is 5.97 Å². The predicted molar refractivity (Wildman–Crippen MR) is 71.3 cm³/mol. The largest absolute Gasteiger partial charge is 0.412 e. The second kappa shape index (κ2) is 9.16. The van der Waals surface area contributed by atoms with Crippen molar-refractivity contribution in [1.29, 1.82) is 0 Å². The van der Waals surface area contributed by atoms with Gasteiger partial charge in [0.1, 0.15) is 0 Å². The van der Waals surface area contributed by atoms with E-state index in [1.165, 1.54) is 0 Å². The first-order chi connectivity index (χ1) is 7.97. The third-order valence-electron chi connectivity index (χ3n) is 2.21. The van der Waals surface area contributed by atoms with Crippen molar-refractivity contribution in [1.82, 2.24) is 4.90 Å². The smallest absolute Gasteiger partial charge is 0.314 e. The molecule has 0 amide bonds. The molecular weight excluding hydrogens is 216 g/mol. The molecule has 0 heterocycles. The molecule has 0 spiro atoms. The summed E-state index contributed by atoms with van der Waals surface area (Å²) in [6.07, 6.45) is 2.66. The van der Waals surface area contributed by atoms with Gasteiger partial charge in [0.05, 0.1) is 5.92 Å². The molecule has 0 N–H and O–H groups in total. The Morgan fingerprint density at radius 1 is 1.35 bits per heavy atom. The normalized spacial score (nSPS) is 12.3. The molecule has 0 aromatic carbocycles. The highest BCUT2D eigenvalue weighted by Gasteiger charge is 2.11. The molecule has 0 aliphatic rings. The van der Waals surface area contributed by atoms with Gasteiger partial charge in [-0.25, -0.2) is 0 Å². The number of hydrogen-bond donors (Lipinski definition) is 0. The van der Waals surface area contributed by atoms with Gasteiger partial charge in [0, 0.05) is 13.0 Å². The lowest BCUT2D eigenvalue weighted by molar-refractivity contribution is -0.139. The first kappa shape index (κ1) is 16.1. The van der Waals surface area contributed by atoms with Crippen LogP contribution in [0.25, 0.3) is 0 Å². The van der Waals surface area contributed by atoms with Crippen LogP contribution in [0.15, 0.2) is 4.99 Å². The maximum absolute atomic E-state index is 11.5. The molecule has 0 aliphatic heterocycles. The third kappa shape index (κ3) is 8.86. The molecule has 100 valence electrons. The second-order valence-electron chi connectivity index (χ2n) is 4.76. The summed E-state index contributed by atoms with van der Waals surface area (Å²) < 4.78 is 5.26. The highest BCUT2D eigenvalue weighted by molar-refractivity contribution is 5.89. The molecule has 0 atom stereocenters. The lowest BCUT2D eigenvalue weighted by atomic mass is 10.2. The van der Waals surface area contributed by atoms with Gasteiger partial charge < -0.3 is 9.64 Å². The Kier molecular flexibility index (Phi) is 8.68. The van der Waals surface area contributed by atoms with Gasteiger partial charge in [0.25, 0.3) is 0 Å². The number of ether oxygens (including phenoxy) is 1. The van der Waals surface area contributed by atoms with Crippen LogP contribution in [0.4, 0.5) is 0 Å². The summed E-state index contributed by atoms with van der Waals surface area (Å²) in [5.41, 5.74) is 0. The van der Waals surface area contributed by atoms with E-state index in [1.54, 1.807) is 0 Å². The van der Waals surface area contributed by atoms with Crippen molar-refractivity contribution < 1.29 is 9.53 Å². The van der Waals surface area contributed by atoms with E-state index in [0.717, 1.165) is 32.4 Å². The molecule has 0 bridgehead atoms. The van der Waals surface area contributed by atoms with Crippen molar-refractivity contribution in [3.63, 3.8) is 0 Å². The van der Waals surface area contributed by atoms with Crippen LogP contribution in [0.2, 0.25) is 0 Å². The standard InChI is InChI=1S/C13H26N2O2/c1-6-8-12(17-13(16)11(2)3)14-9-7-10-15(4)5/h11H,6-10H2,1-5H3. The summed E-state index contributed by atoms with van der Waals surface area (Å²) in [4.78, 5) is 17.9. The fourth-order valence-corrected chi connectivity index (χ4v) is 1.20. The third-order valence-corrected chi connectivity index (χ3v) is 2.21. The molecule has 0 rings (SSSR count). The number of rotatable bonds is 7. The van der Waals surface area contributed by atoms with Crippen molar-refractivity contribution >= 4 is 11.9 Å². The zero-order chi connectivity index (χ0) is 13.3. The Hall–Kier alpha value is -0.900. The maximum Gasteiger partial charge on any atom is 0.314 e. The summed E-state index contributed by atoms with van der Waals surface area (Å²) in [7, 11) is 4.07. The van der Waals surface area contributed by atoms with Crippen molar-refractivity contribution in [2.75, 3.05) is 27.2 Å². The van der Waals surface area contributed by atoms with Gasteiger partial charge in [-0.05, 0) is 33.5 Å². The Balaban J connectivity index is 4.12. The highest BCUT2D eigenvalue weighted by Crippen LogP contribution is 2.02. The van der Waals surface area contributed by atoms with E-state index in [4.69, 9.17) is 4.74 Å². The molecule has 0 aromatic heterocycles. The van der Waals surface area contributed by atoms with Crippen molar-refractivity contribution in [2.24, 2.45) is 10.9 Å². The minimum Gasteiger partial charge on any atom is -0.412 e. The SMILES string of the molecule is CCCC(=NCCCN(C)C)OC(=O)C(C)C. The van der Waals surface area contributed by atoms with Gasteiger partial charge in [-0.3, -0.25) is 9.79 Å². The molecule has 17 heavy (non-hydrogen) atoms. The molecule has 0 radical (unpaired) electrons. The fraction of sp³-hybridized carbons (Fsp3) is 0.846. The Labute approximate surface area is 105 Å². The average molecular weight is 242 g/mol. The minimum atomic E-state index is -0.190. The average Bonchev–Trinajstić information content (AvgIpc) is 2.23. The monoisotopic (exact) mass is 242 g/mol. The summed E-state index contributed by atoms with van der Waals surface area (Å²) in [5, 5.41) is 0. The quantitative estimate of drug-likeness (QED) is 0.298. The van der Waals surface area contributed by atoms with Crippen LogP contribution >= 0.6 is 0 Å². The lowest BCUT2D eigenvalue weighted by Gasteiger charge is -2.10. The summed E-state index contributed by atoms with van der Waals surface area (Å²) in [6, 6.07) is 0. The first-order valence-electron chi connectivity index (χ1n) is 6.37. The highest BCUT2D eigenvalue weighted by atomic mass is 16.5. The van der Waals surface area contributed by atoms with Crippen molar-refractivity contribution in [3.05, 3.63) is 0 Å². The van der Waals surface area contributed by atoms with Crippen molar-refractivity contribution in [3.8, 4) is 0 Å². The van der Waals surface area contributed by atoms with Crippen LogP contribution in [0.5, 0.6) is 0 Å². The van der Waals surface area contributed by atoms with Crippen LogP contribution < -0.4 is 0 Å². The molecule has 4 heteroatoms. The minimum absolute atomic E-state index is 0.0983. The van der Waals surface area contributed by atoms with Crippen molar-refractivity contribution in [2.45, 2.75) is 40.0 Å². The molecular formula is C13H26N2O2. The number of esters is 1. The number of carbonyl (C=O) groups is 1. The van der Waals surface area contributed by atoms with E-state index in [1.807, 2.05) is 27.9 Å². The summed E-state index contributed by atoms with van der Waals surface area (Å²) in [5.74, 6) is 0.300. The van der Waals surface area contributed by atoms with E-state index in [-0.39, 0.29) is 11.9 Å². The number of carbonyl (C=O) groups excluding carboxylic acids is 1. The first-order valence-corrected chi connectivity index (χ1v) is 6.37. The summed E-state index contributed by atoms with van der Waals surface area (Å²) >= 11 is 0. The molecule has 0 fully saturated rings. The second-order valence-corrected chi connectivity index (χ2v) is 4.76. The molecule has 0 saturated heterocycles. The van der Waals surface area contributed by atoms with E-state index in [2.05, 4.69) is 16.8 Å². The van der Waals surface area contributed by atoms with Crippen LogP contribution in [0.1, 0.15) is 40.0 Å². The topological polar surface area (TPSA) is 41.9 Å². The van der Waals surface area contributed by atoms with E-state index in [9.17, 15) is 4.79 Å². The summed E-state index contributed by atoms with van der Waals surface area (Å²) in [6.45, 7) is 7.44. The fourth-order valence-electron chi connectivity index (χ4n) is 1.20. The zero-order valence-corrected chi connectivity index (χ0v) is 11.8. The van der Waals surface area contributed by atoms with Crippen LogP contribution in [0, 0.1) is 5.92 Å². The maximum atomic E-state index is 11.5. The molecule has 0 unspecified atom stereocenters. The Bertz CT molecular complexity index is 248. The number of nitrogens with zero attached hydrogens (tertiary/aromatic N) is 2. The number of aliphatic imine (C=N–C) groups is 1. The Morgan fingerprint density at radius 2 is 2.00 bits per heavy atom. The predicted octanol–water partition coefficient (Wildman–Crippen LogP) is 2.34. The molecule has 4 nitrogen and oxygen atoms in total. The Morgan fingerprint density at radius 3 is 2.47 bits per heavy atom. The van der Waals surface area contributed by atoms with Gasteiger partial charge in [0.2, 0.25) is 0 Å². The van der Waals surface area contributed by atoms with Crippen LogP contribution in [0.3, 0.4) is 0 Å². The van der Waals surface area contributed by atoms with E-state index >= 15 is 0 Å².